The number of hydrogen-bond donors (Lipinski definition) is 0. The number of fused-ring (bicyclic) bond motifs is 2. The second kappa shape index (κ2) is 9.13. The van der Waals surface area contributed by atoms with Gasteiger partial charge in [0.1, 0.15) is 11.5 Å². The van der Waals surface area contributed by atoms with Gasteiger partial charge in [-0.3, -0.25) is 0 Å². The quantitative estimate of drug-likeness (QED) is 0.297. The molecule has 0 aromatic heterocycles. The fraction of sp³-hybridized carbons (Fsp3) is 0.286. The molecule has 0 aliphatic carbocycles. The fourth-order valence-corrected chi connectivity index (χ4v) is 4.01. The molecule has 29 heavy (non-hydrogen) atoms. The second-order valence-electron chi connectivity index (χ2n) is 7.94. The van der Waals surface area contributed by atoms with E-state index in [0.29, 0.717) is 0 Å². The highest BCUT2D eigenvalue weighted by Gasteiger charge is 2.10. The van der Waals surface area contributed by atoms with Crippen molar-refractivity contribution in [1.29, 1.82) is 0 Å². The van der Waals surface area contributed by atoms with Gasteiger partial charge in [-0.15, -0.1) is 0 Å². The summed E-state index contributed by atoms with van der Waals surface area (Å²) in [5, 5.41) is 4.86. The van der Waals surface area contributed by atoms with E-state index in [9.17, 15) is 0 Å². The van der Waals surface area contributed by atoms with E-state index in [2.05, 4.69) is 86.6 Å². The maximum absolute atomic E-state index is 6.65. The van der Waals surface area contributed by atoms with E-state index in [0.717, 1.165) is 24.3 Å². The van der Waals surface area contributed by atoms with Crippen LogP contribution in [-0.2, 0) is 12.8 Å². The molecule has 0 spiro atoms. The van der Waals surface area contributed by atoms with Crippen LogP contribution in [0, 0.1) is 0 Å². The van der Waals surface area contributed by atoms with Gasteiger partial charge in [0.25, 0.3) is 0 Å². The highest BCUT2D eigenvalue weighted by Crippen LogP contribution is 2.36. The van der Waals surface area contributed by atoms with Crippen LogP contribution in [0.25, 0.3) is 21.5 Å². The summed E-state index contributed by atoms with van der Waals surface area (Å²) in [6.07, 6.45) is 6.99. The number of hydrogen-bond acceptors (Lipinski definition) is 1. The standard InChI is InChI=1S/C28H30O/c1-3-5-11-21-17-23-13-7-9-15-25(23)27(19-21)29-28-20-22(12-6-4-2)18-24-14-8-10-16-26(24)28/h7-10,13-20H,3-6,11-12H2,1-2H3. The molecule has 0 unspecified atom stereocenters. The Morgan fingerprint density at radius 1 is 0.586 bits per heavy atom. The number of unbranched alkanes of at least 4 members (excludes halogenated alkanes) is 2. The average Bonchev–Trinajstić information content (AvgIpc) is 2.76. The maximum Gasteiger partial charge on any atom is 0.135 e. The zero-order valence-corrected chi connectivity index (χ0v) is 17.6. The minimum atomic E-state index is 0.965. The SMILES string of the molecule is CCCCc1cc(Oc2cc(CCCC)cc3ccccc23)c2ccccc2c1. The molecular formula is C28H30O. The van der Waals surface area contributed by atoms with E-state index < -0.39 is 0 Å². The highest BCUT2D eigenvalue weighted by atomic mass is 16.5. The molecule has 0 aliphatic heterocycles. The van der Waals surface area contributed by atoms with Gasteiger partial charge < -0.3 is 4.74 Å². The predicted molar refractivity (Wildman–Crippen MR) is 125 cm³/mol. The summed E-state index contributed by atoms with van der Waals surface area (Å²) >= 11 is 0. The molecular weight excluding hydrogens is 352 g/mol. The lowest BCUT2D eigenvalue weighted by Crippen LogP contribution is -1.93. The smallest absolute Gasteiger partial charge is 0.135 e. The predicted octanol–water partition coefficient (Wildman–Crippen LogP) is 8.47. The Kier molecular flexibility index (Phi) is 6.14. The van der Waals surface area contributed by atoms with Gasteiger partial charge in [0.05, 0.1) is 0 Å². The van der Waals surface area contributed by atoms with Crippen molar-refractivity contribution >= 4 is 21.5 Å². The summed E-state index contributed by atoms with van der Waals surface area (Å²) in [6, 6.07) is 26.2. The molecule has 0 N–H and O–H groups in total. The van der Waals surface area contributed by atoms with Gasteiger partial charge in [-0.2, -0.15) is 0 Å². The monoisotopic (exact) mass is 382 g/mol. The first kappa shape index (κ1) is 19.5. The van der Waals surface area contributed by atoms with E-state index in [-0.39, 0.29) is 0 Å². The Hall–Kier alpha value is -2.80. The van der Waals surface area contributed by atoms with E-state index >= 15 is 0 Å². The third kappa shape index (κ3) is 4.45. The summed E-state index contributed by atoms with van der Waals surface area (Å²) in [7, 11) is 0. The molecule has 0 radical (unpaired) electrons. The van der Waals surface area contributed by atoms with Crippen LogP contribution < -0.4 is 4.74 Å². The molecule has 0 bridgehead atoms. The van der Waals surface area contributed by atoms with Crippen LogP contribution in [0.1, 0.15) is 50.7 Å². The molecule has 1 nitrogen and oxygen atoms in total. The van der Waals surface area contributed by atoms with Crippen molar-refractivity contribution in [3.63, 3.8) is 0 Å². The topological polar surface area (TPSA) is 9.23 Å². The van der Waals surface area contributed by atoms with E-state index in [1.165, 1.54) is 58.4 Å². The first-order valence-electron chi connectivity index (χ1n) is 11.0. The van der Waals surface area contributed by atoms with Crippen LogP contribution in [0.4, 0.5) is 0 Å². The average molecular weight is 383 g/mol. The Morgan fingerprint density at radius 2 is 1.03 bits per heavy atom. The summed E-state index contributed by atoms with van der Waals surface area (Å²) in [6.45, 7) is 4.48. The van der Waals surface area contributed by atoms with Crippen molar-refractivity contribution in [2.24, 2.45) is 0 Å². The molecule has 4 rings (SSSR count). The molecule has 0 fully saturated rings. The van der Waals surface area contributed by atoms with Crippen LogP contribution in [-0.4, -0.2) is 0 Å². The Labute approximate surface area is 174 Å². The van der Waals surface area contributed by atoms with Crippen molar-refractivity contribution in [2.75, 3.05) is 0 Å². The minimum Gasteiger partial charge on any atom is -0.456 e. The van der Waals surface area contributed by atoms with Crippen molar-refractivity contribution < 1.29 is 4.74 Å². The van der Waals surface area contributed by atoms with E-state index in [4.69, 9.17) is 4.74 Å². The minimum absolute atomic E-state index is 0.965. The largest absolute Gasteiger partial charge is 0.456 e. The van der Waals surface area contributed by atoms with Crippen molar-refractivity contribution in [1.82, 2.24) is 0 Å². The lowest BCUT2D eigenvalue weighted by molar-refractivity contribution is 0.492. The van der Waals surface area contributed by atoms with Crippen LogP contribution in [0.3, 0.4) is 0 Å². The van der Waals surface area contributed by atoms with Gasteiger partial charge in [0.15, 0.2) is 0 Å². The first-order chi connectivity index (χ1) is 14.3. The lowest BCUT2D eigenvalue weighted by Gasteiger charge is -2.15. The molecule has 0 saturated heterocycles. The third-order valence-corrected chi connectivity index (χ3v) is 5.63. The van der Waals surface area contributed by atoms with Crippen molar-refractivity contribution in [2.45, 2.75) is 52.4 Å². The summed E-state index contributed by atoms with van der Waals surface area (Å²) in [5.41, 5.74) is 2.71. The van der Waals surface area contributed by atoms with Crippen molar-refractivity contribution in [3.8, 4) is 11.5 Å². The maximum atomic E-state index is 6.65. The number of benzene rings is 4. The van der Waals surface area contributed by atoms with Gasteiger partial charge in [-0.05, 0) is 59.7 Å². The molecule has 148 valence electrons. The molecule has 0 aliphatic rings. The van der Waals surface area contributed by atoms with E-state index in [1.54, 1.807) is 0 Å². The van der Waals surface area contributed by atoms with Gasteiger partial charge in [0.2, 0.25) is 0 Å². The molecule has 4 aromatic rings. The van der Waals surface area contributed by atoms with Crippen LogP contribution in [0.2, 0.25) is 0 Å². The highest BCUT2D eigenvalue weighted by molar-refractivity contribution is 5.92. The first-order valence-corrected chi connectivity index (χ1v) is 11.0. The number of rotatable bonds is 8. The zero-order valence-electron chi connectivity index (χ0n) is 17.6. The zero-order chi connectivity index (χ0) is 20.1. The van der Waals surface area contributed by atoms with E-state index in [1.807, 2.05) is 0 Å². The van der Waals surface area contributed by atoms with Crippen molar-refractivity contribution in [3.05, 3.63) is 83.9 Å². The molecule has 0 atom stereocenters. The Balaban J connectivity index is 1.80. The molecule has 0 heterocycles. The molecule has 0 saturated carbocycles. The van der Waals surface area contributed by atoms with Gasteiger partial charge in [0, 0.05) is 10.8 Å². The summed E-state index contributed by atoms with van der Waals surface area (Å²) in [4.78, 5) is 0. The normalized spacial score (nSPS) is 11.2. The van der Waals surface area contributed by atoms with Gasteiger partial charge >= 0.3 is 0 Å². The second-order valence-corrected chi connectivity index (χ2v) is 7.94. The van der Waals surface area contributed by atoms with Crippen LogP contribution in [0.5, 0.6) is 11.5 Å². The third-order valence-electron chi connectivity index (χ3n) is 5.63. The number of aryl methyl sites for hydroxylation is 2. The van der Waals surface area contributed by atoms with Gasteiger partial charge in [-0.25, -0.2) is 0 Å². The lowest BCUT2D eigenvalue weighted by atomic mass is 10.0. The summed E-state index contributed by atoms with van der Waals surface area (Å²) in [5.74, 6) is 1.93. The Morgan fingerprint density at radius 3 is 1.48 bits per heavy atom. The molecule has 1 heteroatoms. The van der Waals surface area contributed by atoms with Crippen LogP contribution in [0.15, 0.2) is 72.8 Å². The Bertz CT molecular complexity index is 1020. The number of ether oxygens (including phenoxy) is 1. The molecule has 4 aromatic carbocycles. The summed E-state index contributed by atoms with van der Waals surface area (Å²) < 4.78 is 6.65. The fourth-order valence-electron chi connectivity index (χ4n) is 4.01. The molecule has 0 amide bonds. The van der Waals surface area contributed by atoms with Gasteiger partial charge in [-0.1, -0.05) is 87.4 Å². The van der Waals surface area contributed by atoms with Crippen LogP contribution >= 0.6 is 0 Å².